The Labute approximate surface area is 216 Å². The van der Waals surface area contributed by atoms with Crippen LogP contribution >= 0.6 is 11.3 Å². The number of amides is 1. The number of hydrogen-bond donors (Lipinski definition) is 2. The molecule has 2 aromatic carbocycles. The second kappa shape index (κ2) is 10.5. The van der Waals surface area contributed by atoms with Crippen molar-refractivity contribution >= 4 is 23.1 Å². The Hall–Kier alpha value is -4.70. The molecule has 0 spiro atoms. The fourth-order valence-corrected chi connectivity index (χ4v) is 4.52. The lowest BCUT2D eigenvalue weighted by Gasteiger charge is -2.11. The topological polar surface area (TPSA) is 111 Å². The van der Waals surface area contributed by atoms with Crippen LogP contribution in [0.1, 0.15) is 5.56 Å². The second-order valence-corrected chi connectivity index (χ2v) is 8.99. The van der Waals surface area contributed by atoms with Gasteiger partial charge in [-0.15, -0.1) is 11.3 Å². The highest BCUT2D eigenvalue weighted by Gasteiger charge is 2.18. The van der Waals surface area contributed by atoms with E-state index in [1.165, 1.54) is 22.1 Å². The molecule has 3 aromatic heterocycles. The minimum Gasteiger partial charge on any atom is -0.493 e. The van der Waals surface area contributed by atoms with E-state index < -0.39 is 0 Å². The van der Waals surface area contributed by atoms with Crippen molar-refractivity contribution < 1.29 is 14.3 Å². The molecule has 10 heteroatoms. The minimum atomic E-state index is -0.334. The van der Waals surface area contributed by atoms with Crippen LogP contribution in [0, 0.1) is 0 Å². The first kappa shape index (κ1) is 24.0. The number of aromatic amines is 1. The molecule has 186 valence electrons. The third kappa shape index (κ3) is 5.29. The van der Waals surface area contributed by atoms with E-state index in [1.807, 2.05) is 47.8 Å². The Morgan fingerprint density at radius 2 is 1.78 bits per heavy atom. The summed E-state index contributed by atoms with van der Waals surface area (Å²) in [7, 11) is 3.10. The van der Waals surface area contributed by atoms with E-state index in [9.17, 15) is 9.59 Å². The van der Waals surface area contributed by atoms with Gasteiger partial charge in [0.15, 0.2) is 11.5 Å². The first-order chi connectivity index (χ1) is 18.0. The van der Waals surface area contributed by atoms with Crippen molar-refractivity contribution in [1.82, 2.24) is 19.7 Å². The number of ether oxygens (including phenoxy) is 2. The number of nitrogens with zero attached hydrogens (tertiary/aromatic N) is 3. The lowest BCUT2D eigenvalue weighted by Crippen LogP contribution is -2.20. The highest BCUT2D eigenvalue weighted by molar-refractivity contribution is 7.13. The molecule has 3 heterocycles. The van der Waals surface area contributed by atoms with E-state index in [4.69, 9.17) is 9.47 Å². The fourth-order valence-electron chi connectivity index (χ4n) is 3.84. The van der Waals surface area contributed by atoms with Gasteiger partial charge in [0.2, 0.25) is 11.9 Å². The van der Waals surface area contributed by atoms with E-state index in [1.54, 1.807) is 38.5 Å². The van der Waals surface area contributed by atoms with Crippen LogP contribution in [0.5, 0.6) is 11.5 Å². The summed E-state index contributed by atoms with van der Waals surface area (Å²) in [6, 6.07) is 21.7. The van der Waals surface area contributed by atoms with Gasteiger partial charge in [0.1, 0.15) is 11.5 Å². The number of thiophene rings is 1. The number of anilines is 1. The highest BCUT2D eigenvalue weighted by Crippen LogP contribution is 2.29. The Bertz CT molecular complexity index is 1590. The number of benzene rings is 2. The van der Waals surface area contributed by atoms with Crippen molar-refractivity contribution in [1.29, 1.82) is 0 Å². The largest absolute Gasteiger partial charge is 0.493 e. The van der Waals surface area contributed by atoms with Crippen LogP contribution in [0.3, 0.4) is 0 Å². The van der Waals surface area contributed by atoms with Gasteiger partial charge >= 0.3 is 0 Å². The Morgan fingerprint density at radius 3 is 2.51 bits per heavy atom. The van der Waals surface area contributed by atoms with Gasteiger partial charge < -0.3 is 14.8 Å². The summed E-state index contributed by atoms with van der Waals surface area (Å²) >= 11 is 1.52. The van der Waals surface area contributed by atoms with Crippen molar-refractivity contribution in [3.63, 3.8) is 0 Å². The summed E-state index contributed by atoms with van der Waals surface area (Å²) in [5.41, 5.74) is 2.34. The molecule has 5 aromatic rings. The molecule has 0 saturated heterocycles. The molecule has 37 heavy (non-hydrogen) atoms. The summed E-state index contributed by atoms with van der Waals surface area (Å²) in [6.45, 7) is 0. The lowest BCUT2D eigenvalue weighted by molar-refractivity contribution is -0.115. The quantitative estimate of drug-likeness (QED) is 0.315. The molecular formula is C27H23N5O4S. The van der Waals surface area contributed by atoms with Gasteiger partial charge in [0, 0.05) is 17.7 Å². The summed E-state index contributed by atoms with van der Waals surface area (Å²) in [5, 5.41) is 9.51. The van der Waals surface area contributed by atoms with Crippen LogP contribution < -0.4 is 20.3 Å². The van der Waals surface area contributed by atoms with Crippen molar-refractivity contribution in [2.45, 2.75) is 6.42 Å². The number of methoxy groups -OCH3 is 2. The van der Waals surface area contributed by atoms with Crippen LogP contribution in [0.15, 0.2) is 83.0 Å². The zero-order valence-corrected chi connectivity index (χ0v) is 20.9. The van der Waals surface area contributed by atoms with Gasteiger partial charge in [0.05, 0.1) is 31.2 Å². The maximum absolute atomic E-state index is 13.1. The molecule has 0 bridgehead atoms. The smallest absolute Gasteiger partial charge is 0.252 e. The molecule has 2 N–H and O–H groups in total. The van der Waals surface area contributed by atoms with Crippen molar-refractivity contribution in [2.24, 2.45) is 0 Å². The predicted octanol–water partition coefficient (Wildman–Crippen LogP) is 4.55. The average molecular weight is 514 g/mol. The summed E-state index contributed by atoms with van der Waals surface area (Å²) < 4.78 is 12.1. The Balaban J connectivity index is 1.50. The molecule has 0 saturated carbocycles. The van der Waals surface area contributed by atoms with E-state index >= 15 is 0 Å². The number of hydrogen-bond acceptors (Lipinski definition) is 7. The van der Waals surface area contributed by atoms with Gasteiger partial charge in [-0.25, -0.2) is 4.98 Å². The standard InChI is InChI=1S/C27H23N5O4S/c1-35-21-11-10-17(13-22(21)36-2)14-25(33)29-24-15-20(23-9-6-12-37-23)31-32(24)27-28-19(16-26(34)30-27)18-7-4-3-5-8-18/h3-13,15-16H,14H2,1-2H3,(H,29,33)(H,28,30,34). The first-order valence-corrected chi connectivity index (χ1v) is 12.2. The van der Waals surface area contributed by atoms with E-state index in [2.05, 4.69) is 20.4 Å². The number of carbonyl (C=O) groups is 1. The minimum absolute atomic E-state index is 0.0911. The number of carbonyl (C=O) groups excluding carboxylic acids is 1. The number of aromatic nitrogens is 4. The van der Waals surface area contributed by atoms with Crippen LogP contribution in [-0.2, 0) is 11.2 Å². The number of H-pyrrole nitrogens is 1. The molecule has 9 nitrogen and oxygen atoms in total. The summed E-state index contributed by atoms with van der Waals surface area (Å²) in [4.78, 5) is 33.9. The second-order valence-electron chi connectivity index (χ2n) is 8.04. The molecule has 1 amide bonds. The maximum atomic E-state index is 13.1. The van der Waals surface area contributed by atoms with E-state index in [0.717, 1.165) is 16.0 Å². The SMILES string of the molecule is COc1ccc(CC(=O)Nc2cc(-c3cccs3)nn2-c2nc(-c3ccccc3)cc(=O)[nH]2)cc1OC. The third-order valence-corrected chi connectivity index (χ3v) is 6.45. The molecule has 0 aliphatic carbocycles. The van der Waals surface area contributed by atoms with Gasteiger partial charge in [-0.3, -0.25) is 14.6 Å². The maximum Gasteiger partial charge on any atom is 0.252 e. The predicted molar refractivity (Wildman–Crippen MR) is 143 cm³/mol. The molecule has 0 atom stereocenters. The normalized spacial score (nSPS) is 10.8. The van der Waals surface area contributed by atoms with Crippen molar-refractivity contribution in [2.75, 3.05) is 19.5 Å². The molecule has 0 aliphatic rings. The van der Waals surface area contributed by atoms with Gasteiger partial charge in [0.25, 0.3) is 5.56 Å². The van der Waals surface area contributed by atoms with Crippen molar-refractivity contribution in [3.05, 3.63) is 94.1 Å². The fraction of sp³-hybridized carbons (Fsp3) is 0.111. The average Bonchev–Trinajstić information content (AvgIpc) is 3.59. The number of rotatable bonds is 8. The van der Waals surface area contributed by atoms with Gasteiger partial charge in [-0.2, -0.15) is 9.78 Å². The van der Waals surface area contributed by atoms with Crippen molar-refractivity contribution in [3.8, 4) is 39.3 Å². The van der Waals surface area contributed by atoms with Crippen LogP contribution in [0.25, 0.3) is 27.8 Å². The van der Waals surface area contributed by atoms with Crippen LogP contribution in [0.4, 0.5) is 5.82 Å². The highest BCUT2D eigenvalue weighted by atomic mass is 32.1. The van der Waals surface area contributed by atoms with E-state index in [-0.39, 0.29) is 23.8 Å². The Morgan fingerprint density at radius 1 is 0.973 bits per heavy atom. The molecule has 0 unspecified atom stereocenters. The summed E-state index contributed by atoms with van der Waals surface area (Å²) in [5.74, 6) is 1.42. The zero-order chi connectivity index (χ0) is 25.8. The zero-order valence-electron chi connectivity index (χ0n) is 20.1. The van der Waals surface area contributed by atoms with Gasteiger partial charge in [-0.1, -0.05) is 42.5 Å². The van der Waals surface area contributed by atoms with Crippen LogP contribution in [-0.4, -0.2) is 39.9 Å². The van der Waals surface area contributed by atoms with Crippen LogP contribution in [0.2, 0.25) is 0 Å². The molecule has 5 rings (SSSR count). The first-order valence-electron chi connectivity index (χ1n) is 11.4. The summed E-state index contributed by atoms with van der Waals surface area (Å²) in [6.07, 6.45) is 0.0911. The monoisotopic (exact) mass is 513 g/mol. The van der Waals surface area contributed by atoms with E-state index in [0.29, 0.717) is 28.7 Å². The molecule has 0 radical (unpaired) electrons. The molecule has 0 aliphatic heterocycles. The lowest BCUT2D eigenvalue weighted by atomic mass is 10.1. The molecule has 0 fully saturated rings. The van der Waals surface area contributed by atoms with Gasteiger partial charge in [-0.05, 0) is 29.1 Å². The molecular weight excluding hydrogens is 490 g/mol. The third-order valence-electron chi connectivity index (χ3n) is 5.56. The number of nitrogens with one attached hydrogen (secondary N) is 2. The Kier molecular flexibility index (Phi) is 6.82.